The lowest BCUT2D eigenvalue weighted by atomic mass is 10.2. The van der Waals surface area contributed by atoms with Crippen molar-refractivity contribution >= 4 is 23.5 Å². The van der Waals surface area contributed by atoms with Crippen LogP contribution in [-0.2, 0) is 0 Å². The van der Waals surface area contributed by atoms with E-state index in [-0.39, 0.29) is 0 Å². The molecule has 0 spiro atoms. The van der Waals surface area contributed by atoms with Gasteiger partial charge in [0.2, 0.25) is 0 Å². The Morgan fingerprint density at radius 3 is 2.38 bits per heavy atom. The molecule has 97 valence electrons. The summed E-state index contributed by atoms with van der Waals surface area (Å²) >= 11 is 4.27. The van der Waals surface area contributed by atoms with Gasteiger partial charge in [0, 0.05) is 10.5 Å². The van der Waals surface area contributed by atoms with Crippen LogP contribution < -0.4 is 0 Å². The van der Waals surface area contributed by atoms with E-state index in [0.717, 1.165) is 16.9 Å². The van der Waals surface area contributed by atoms with Gasteiger partial charge in [0.15, 0.2) is 0 Å². The molecule has 0 aromatic rings. The molecule has 0 rings (SSSR count). The van der Waals surface area contributed by atoms with Crippen molar-refractivity contribution in [1.82, 2.24) is 0 Å². The number of thioether (sulfide) groups is 2. The molecule has 0 N–H and O–H groups in total. The SMILES string of the molecule is [CH2]CC(CCCSCCCC)SC(C)CC. The van der Waals surface area contributed by atoms with Gasteiger partial charge in [-0.25, -0.2) is 0 Å². The number of hydrogen-bond acceptors (Lipinski definition) is 2. The highest BCUT2D eigenvalue weighted by molar-refractivity contribution is 8.00. The lowest BCUT2D eigenvalue weighted by Crippen LogP contribution is -2.07. The lowest BCUT2D eigenvalue weighted by molar-refractivity contribution is 0.742. The zero-order valence-electron chi connectivity index (χ0n) is 11.3. The zero-order valence-corrected chi connectivity index (χ0v) is 13.0. The summed E-state index contributed by atoms with van der Waals surface area (Å²) in [7, 11) is 0. The standard InChI is InChI=1S/C14H29S2/c1-5-8-11-15-12-9-10-14(7-3)16-13(4)6-2/h13-14H,3,5-12H2,1-2,4H3. The van der Waals surface area contributed by atoms with Crippen LogP contribution in [0.25, 0.3) is 0 Å². The van der Waals surface area contributed by atoms with Crippen molar-refractivity contribution in [3.8, 4) is 0 Å². The molecule has 1 radical (unpaired) electrons. The Balaban J connectivity index is 3.40. The van der Waals surface area contributed by atoms with Crippen molar-refractivity contribution in [1.29, 1.82) is 0 Å². The van der Waals surface area contributed by atoms with Gasteiger partial charge >= 0.3 is 0 Å². The molecule has 0 fully saturated rings. The number of rotatable bonds is 11. The summed E-state index contributed by atoms with van der Waals surface area (Å²) in [6.45, 7) is 11.0. The van der Waals surface area contributed by atoms with Crippen molar-refractivity contribution in [3.05, 3.63) is 6.92 Å². The molecule has 0 saturated heterocycles. The van der Waals surface area contributed by atoms with Crippen LogP contribution in [0.1, 0.15) is 59.3 Å². The molecular weight excluding hydrogens is 232 g/mol. The molecule has 0 heterocycles. The first-order chi connectivity index (χ1) is 7.74. The van der Waals surface area contributed by atoms with Gasteiger partial charge in [-0.3, -0.25) is 0 Å². The molecule has 0 aliphatic rings. The fraction of sp³-hybridized carbons (Fsp3) is 0.929. The maximum absolute atomic E-state index is 4.07. The maximum Gasteiger partial charge on any atom is 0.00500 e. The Hall–Kier alpha value is 0.700. The van der Waals surface area contributed by atoms with E-state index in [4.69, 9.17) is 0 Å². The molecule has 0 aromatic carbocycles. The van der Waals surface area contributed by atoms with Crippen LogP contribution in [0.2, 0.25) is 0 Å². The van der Waals surface area contributed by atoms with Gasteiger partial charge < -0.3 is 0 Å². The summed E-state index contributed by atoms with van der Waals surface area (Å²) < 4.78 is 0. The molecule has 0 saturated carbocycles. The van der Waals surface area contributed by atoms with Gasteiger partial charge in [0.05, 0.1) is 0 Å². The van der Waals surface area contributed by atoms with Gasteiger partial charge in [0.1, 0.15) is 0 Å². The van der Waals surface area contributed by atoms with Crippen LogP contribution in [0.3, 0.4) is 0 Å². The summed E-state index contributed by atoms with van der Waals surface area (Å²) in [5, 5.41) is 1.60. The van der Waals surface area contributed by atoms with Gasteiger partial charge in [-0.1, -0.05) is 34.1 Å². The highest BCUT2D eigenvalue weighted by atomic mass is 32.2. The normalized spacial score (nSPS) is 15.0. The topological polar surface area (TPSA) is 0 Å². The number of unbranched alkanes of at least 4 members (excludes halogenated alkanes) is 1. The first-order valence-corrected chi connectivity index (χ1v) is 8.86. The monoisotopic (exact) mass is 261 g/mol. The Labute approximate surface area is 112 Å². The second kappa shape index (κ2) is 12.2. The molecular formula is C14H29S2. The Bertz CT molecular complexity index is 137. The van der Waals surface area contributed by atoms with E-state index in [1.807, 2.05) is 0 Å². The van der Waals surface area contributed by atoms with E-state index in [9.17, 15) is 0 Å². The summed E-state index contributed by atoms with van der Waals surface area (Å²) in [6, 6.07) is 0. The molecule has 0 bridgehead atoms. The Morgan fingerprint density at radius 1 is 1.12 bits per heavy atom. The minimum atomic E-state index is 0.793. The summed E-state index contributed by atoms with van der Waals surface area (Å²) in [5.41, 5.74) is 0. The quantitative estimate of drug-likeness (QED) is 0.455. The summed E-state index contributed by atoms with van der Waals surface area (Å²) in [4.78, 5) is 0. The van der Waals surface area contributed by atoms with Crippen LogP contribution in [0, 0.1) is 6.92 Å². The molecule has 16 heavy (non-hydrogen) atoms. The Kier molecular flexibility index (Phi) is 12.7. The summed E-state index contributed by atoms with van der Waals surface area (Å²) in [6.07, 6.45) is 7.82. The minimum absolute atomic E-state index is 0.793. The largest absolute Gasteiger partial charge is 0.162 e. The second-order valence-electron chi connectivity index (χ2n) is 4.37. The van der Waals surface area contributed by atoms with Crippen molar-refractivity contribution in [2.45, 2.75) is 69.8 Å². The van der Waals surface area contributed by atoms with Crippen molar-refractivity contribution in [2.24, 2.45) is 0 Å². The highest BCUT2D eigenvalue weighted by Gasteiger charge is 2.10. The van der Waals surface area contributed by atoms with Crippen LogP contribution in [-0.4, -0.2) is 22.0 Å². The fourth-order valence-electron chi connectivity index (χ4n) is 1.47. The zero-order chi connectivity index (χ0) is 12.2. The minimum Gasteiger partial charge on any atom is -0.162 e. The van der Waals surface area contributed by atoms with Crippen LogP contribution >= 0.6 is 23.5 Å². The molecule has 2 unspecified atom stereocenters. The van der Waals surface area contributed by atoms with Crippen molar-refractivity contribution < 1.29 is 0 Å². The molecule has 2 atom stereocenters. The van der Waals surface area contributed by atoms with Crippen LogP contribution in [0.4, 0.5) is 0 Å². The average Bonchev–Trinajstić information content (AvgIpc) is 2.31. The van der Waals surface area contributed by atoms with E-state index in [2.05, 4.69) is 51.2 Å². The third kappa shape index (κ3) is 9.89. The van der Waals surface area contributed by atoms with Crippen LogP contribution in [0.15, 0.2) is 0 Å². The molecule has 0 aliphatic heterocycles. The smallest absolute Gasteiger partial charge is 0.00500 e. The summed E-state index contributed by atoms with van der Waals surface area (Å²) in [5.74, 6) is 2.70. The maximum atomic E-state index is 4.07. The molecule has 0 aliphatic carbocycles. The average molecular weight is 262 g/mol. The predicted molar refractivity (Wildman–Crippen MR) is 82.6 cm³/mol. The highest BCUT2D eigenvalue weighted by Crippen LogP contribution is 2.26. The van der Waals surface area contributed by atoms with E-state index in [0.29, 0.717) is 0 Å². The third-order valence-corrected chi connectivity index (χ3v) is 5.59. The predicted octanol–water partition coefficient (Wildman–Crippen LogP) is 5.42. The first kappa shape index (κ1) is 16.7. The lowest BCUT2D eigenvalue weighted by Gasteiger charge is -2.18. The molecule has 0 nitrogen and oxygen atoms in total. The third-order valence-electron chi connectivity index (χ3n) is 2.78. The van der Waals surface area contributed by atoms with E-state index >= 15 is 0 Å². The van der Waals surface area contributed by atoms with Crippen molar-refractivity contribution in [2.75, 3.05) is 11.5 Å². The van der Waals surface area contributed by atoms with E-state index < -0.39 is 0 Å². The number of hydrogen-bond donors (Lipinski definition) is 0. The van der Waals surface area contributed by atoms with Crippen LogP contribution in [0.5, 0.6) is 0 Å². The molecule has 0 amide bonds. The van der Waals surface area contributed by atoms with Gasteiger partial charge in [-0.2, -0.15) is 23.5 Å². The Morgan fingerprint density at radius 2 is 1.81 bits per heavy atom. The van der Waals surface area contributed by atoms with Gasteiger partial charge in [-0.05, 0) is 43.6 Å². The van der Waals surface area contributed by atoms with E-state index in [1.165, 1.54) is 43.6 Å². The van der Waals surface area contributed by atoms with E-state index in [1.54, 1.807) is 0 Å². The molecule has 0 aromatic heterocycles. The second-order valence-corrected chi connectivity index (χ2v) is 7.34. The van der Waals surface area contributed by atoms with Crippen molar-refractivity contribution in [3.63, 3.8) is 0 Å². The fourth-order valence-corrected chi connectivity index (χ4v) is 3.82. The van der Waals surface area contributed by atoms with Gasteiger partial charge in [-0.15, -0.1) is 0 Å². The molecule has 2 heteroatoms. The van der Waals surface area contributed by atoms with Gasteiger partial charge in [0.25, 0.3) is 0 Å². The first-order valence-electron chi connectivity index (χ1n) is 6.77.